The maximum absolute atomic E-state index is 11.8. The molecule has 0 aliphatic carbocycles. The number of anilines is 5. The Hall–Kier alpha value is -3.31. The minimum atomic E-state index is -3.53. The number of hydrogen-bond donors (Lipinski definition) is 3. The first-order chi connectivity index (χ1) is 14.7. The molecule has 0 spiro atoms. The van der Waals surface area contributed by atoms with Gasteiger partial charge >= 0.3 is 0 Å². The molecule has 2 aromatic heterocycles. The summed E-state index contributed by atoms with van der Waals surface area (Å²) in [5.74, 6) is 1.52. The van der Waals surface area contributed by atoms with Crippen molar-refractivity contribution in [1.29, 1.82) is 0 Å². The van der Waals surface area contributed by atoms with Crippen LogP contribution in [0.1, 0.15) is 5.56 Å². The summed E-state index contributed by atoms with van der Waals surface area (Å²) < 4.78 is 36.2. The van der Waals surface area contributed by atoms with E-state index in [0.29, 0.717) is 23.0 Å². The van der Waals surface area contributed by atoms with E-state index in [0.717, 1.165) is 11.8 Å². The maximum Gasteiger partial charge on any atom is 0.229 e. The van der Waals surface area contributed by atoms with Crippen LogP contribution >= 0.6 is 11.6 Å². The van der Waals surface area contributed by atoms with Gasteiger partial charge in [0.15, 0.2) is 5.82 Å². The van der Waals surface area contributed by atoms with Gasteiger partial charge in [0, 0.05) is 12.1 Å². The van der Waals surface area contributed by atoms with Crippen LogP contribution in [0, 0.1) is 6.92 Å². The fourth-order valence-electron chi connectivity index (χ4n) is 2.58. The highest BCUT2D eigenvalue weighted by Crippen LogP contribution is 2.32. The molecule has 3 aromatic rings. The van der Waals surface area contributed by atoms with E-state index < -0.39 is 10.0 Å². The number of methoxy groups -OCH3 is 2. The molecule has 164 valence electrons. The van der Waals surface area contributed by atoms with Gasteiger partial charge in [0.05, 0.1) is 49.9 Å². The van der Waals surface area contributed by atoms with Crippen LogP contribution in [0.15, 0.2) is 36.7 Å². The lowest BCUT2D eigenvalue weighted by Crippen LogP contribution is -2.11. The molecule has 0 aliphatic heterocycles. The first kappa shape index (κ1) is 22.4. The van der Waals surface area contributed by atoms with E-state index in [1.165, 1.54) is 13.3 Å². The van der Waals surface area contributed by atoms with Crippen LogP contribution in [0.5, 0.6) is 11.6 Å². The molecule has 2 heterocycles. The fourth-order valence-corrected chi connectivity index (χ4v) is 3.29. The van der Waals surface area contributed by atoms with Crippen molar-refractivity contribution in [3.63, 3.8) is 0 Å². The minimum Gasteiger partial charge on any atom is -0.497 e. The van der Waals surface area contributed by atoms with Gasteiger partial charge in [-0.2, -0.15) is 4.98 Å². The summed E-state index contributed by atoms with van der Waals surface area (Å²) >= 11 is 6.26. The molecule has 10 nitrogen and oxygen atoms in total. The number of benzene rings is 1. The van der Waals surface area contributed by atoms with Crippen LogP contribution in [0.3, 0.4) is 0 Å². The Morgan fingerprint density at radius 1 is 0.968 bits per heavy atom. The van der Waals surface area contributed by atoms with Gasteiger partial charge in [-0.15, -0.1) is 0 Å². The van der Waals surface area contributed by atoms with Crippen LogP contribution in [-0.2, 0) is 10.0 Å². The van der Waals surface area contributed by atoms with Gasteiger partial charge < -0.3 is 20.1 Å². The van der Waals surface area contributed by atoms with Crippen LogP contribution in [0.4, 0.5) is 28.8 Å². The Balaban J connectivity index is 1.91. The highest BCUT2D eigenvalue weighted by molar-refractivity contribution is 7.92. The second kappa shape index (κ2) is 9.23. The highest BCUT2D eigenvalue weighted by atomic mass is 35.5. The molecule has 12 heteroatoms. The molecule has 0 atom stereocenters. The van der Waals surface area contributed by atoms with E-state index in [4.69, 9.17) is 21.1 Å². The van der Waals surface area contributed by atoms with Crippen molar-refractivity contribution in [2.75, 3.05) is 35.8 Å². The summed E-state index contributed by atoms with van der Waals surface area (Å²) in [5.41, 5.74) is 2.29. The minimum absolute atomic E-state index is 0.247. The largest absolute Gasteiger partial charge is 0.497 e. The summed E-state index contributed by atoms with van der Waals surface area (Å²) in [4.78, 5) is 12.7. The van der Waals surface area contributed by atoms with E-state index >= 15 is 0 Å². The van der Waals surface area contributed by atoms with Crippen molar-refractivity contribution in [3.8, 4) is 11.6 Å². The Labute approximate surface area is 185 Å². The first-order valence-corrected chi connectivity index (χ1v) is 11.2. The Morgan fingerprint density at radius 3 is 2.39 bits per heavy atom. The quantitative estimate of drug-likeness (QED) is 0.457. The van der Waals surface area contributed by atoms with Gasteiger partial charge in [-0.3, -0.25) is 4.72 Å². The van der Waals surface area contributed by atoms with E-state index in [9.17, 15) is 8.42 Å². The lowest BCUT2D eigenvalue weighted by molar-refractivity contribution is 0.397. The molecular formula is C19H21ClN6O4S. The molecule has 0 bridgehead atoms. The first-order valence-electron chi connectivity index (χ1n) is 8.91. The number of rotatable bonds is 8. The summed E-state index contributed by atoms with van der Waals surface area (Å²) in [6.45, 7) is 1.89. The Kier molecular flexibility index (Phi) is 6.66. The van der Waals surface area contributed by atoms with Crippen molar-refractivity contribution in [2.24, 2.45) is 0 Å². The topological polar surface area (TPSA) is 127 Å². The van der Waals surface area contributed by atoms with E-state index in [2.05, 4.69) is 30.3 Å². The number of ether oxygens (including phenoxy) is 2. The van der Waals surface area contributed by atoms with Gasteiger partial charge in [-0.1, -0.05) is 11.6 Å². The summed E-state index contributed by atoms with van der Waals surface area (Å²) in [5, 5.41) is 6.36. The van der Waals surface area contributed by atoms with E-state index in [1.807, 2.05) is 6.92 Å². The fraction of sp³-hybridized carbons (Fsp3) is 0.211. The van der Waals surface area contributed by atoms with E-state index in [-0.39, 0.29) is 22.5 Å². The second-order valence-corrected chi connectivity index (χ2v) is 8.62. The zero-order valence-corrected chi connectivity index (χ0v) is 18.8. The van der Waals surface area contributed by atoms with Crippen molar-refractivity contribution in [3.05, 3.63) is 47.2 Å². The van der Waals surface area contributed by atoms with Gasteiger partial charge in [0.25, 0.3) is 0 Å². The monoisotopic (exact) mass is 464 g/mol. The van der Waals surface area contributed by atoms with Gasteiger partial charge in [0.1, 0.15) is 10.8 Å². The molecule has 0 radical (unpaired) electrons. The molecule has 1 aromatic carbocycles. The predicted molar refractivity (Wildman–Crippen MR) is 121 cm³/mol. The lowest BCUT2D eigenvalue weighted by Gasteiger charge is -2.15. The average molecular weight is 465 g/mol. The Bertz CT molecular complexity index is 1210. The number of aryl methyl sites for hydroxylation is 1. The van der Waals surface area contributed by atoms with Crippen LogP contribution in [-0.4, -0.2) is 43.8 Å². The SMILES string of the molecule is COc1ccc(Nc2nc(Nc3cnc(OC)cc3C)ncc2Cl)c(NS(C)(=O)=O)c1. The molecule has 0 saturated heterocycles. The number of halogens is 1. The zero-order chi connectivity index (χ0) is 22.6. The number of aromatic nitrogens is 3. The number of sulfonamides is 1. The average Bonchev–Trinajstić information content (AvgIpc) is 2.72. The normalized spacial score (nSPS) is 11.0. The molecule has 0 fully saturated rings. The van der Waals surface area contributed by atoms with Gasteiger partial charge in [0.2, 0.25) is 21.9 Å². The van der Waals surface area contributed by atoms with E-state index in [1.54, 1.807) is 37.6 Å². The standard InChI is InChI=1S/C19H21ClN6O4S/c1-11-7-17(30-3)21-10-16(11)24-19-22-9-13(20)18(25-19)23-14-6-5-12(29-2)8-15(14)26-31(4,27)28/h5-10,26H,1-4H3,(H2,22,23,24,25). The summed E-state index contributed by atoms with van der Waals surface area (Å²) in [6.07, 6.45) is 4.09. The number of nitrogens with zero attached hydrogens (tertiary/aromatic N) is 3. The van der Waals surface area contributed by atoms with Gasteiger partial charge in [-0.05, 0) is 24.6 Å². The molecule has 0 saturated carbocycles. The molecule has 0 aliphatic rings. The molecule has 3 N–H and O–H groups in total. The van der Waals surface area contributed by atoms with Gasteiger partial charge in [-0.25, -0.2) is 18.4 Å². The summed E-state index contributed by atoms with van der Waals surface area (Å²) in [7, 11) is -0.496. The highest BCUT2D eigenvalue weighted by Gasteiger charge is 2.13. The molecule has 0 amide bonds. The lowest BCUT2D eigenvalue weighted by atomic mass is 10.2. The van der Waals surface area contributed by atoms with Crippen molar-refractivity contribution >= 4 is 50.5 Å². The molecule has 31 heavy (non-hydrogen) atoms. The van der Waals surface area contributed by atoms with Crippen molar-refractivity contribution < 1.29 is 17.9 Å². The van der Waals surface area contributed by atoms with Crippen LogP contribution in [0.25, 0.3) is 0 Å². The molecule has 0 unspecified atom stereocenters. The third-order valence-electron chi connectivity index (χ3n) is 4.06. The number of hydrogen-bond acceptors (Lipinski definition) is 9. The van der Waals surface area contributed by atoms with Crippen LogP contribution in [0.2, 0.25) is 5.02 Å². The number of pyridine rings is 1. The van der Waals surface area contributed by atoms with Crippen molar-refractivity contribution in [1.82, 2.24) is 15.0 Å². The second-order valence-electron chi connectivity index (χ2n) is 6.47. The number of nitrogens with one attached hydrogen (secondary N) is 3. The summed E-state index contributed by atoms with van der Waals surface area (Å²) in [6, 6.07) is 6.65. The maximum atomic E-state index is 11.8. The van der Waals surface area contributed by atoms with Crippen molar-refractivity contribution in [2.45, 2.75) is 6.92 Å². The predicted octanol–water partition coefficient (Wildman–Crippen LogP) is 3.71. The third-order valence-corrected chi connectivity index (χ3v) is 4.93. The Morgan fingerprint density at radius 2 is 1.74 bits per heavy atom. The smallest absolute Gasteiger partial charge is 0.229 e. The zero-order valence-electron chi connectivity index (χ0n) is 17.2. The molecular weight excluding hydrogens is 444 g/mol. The van der Waals surface area contributed by atoms with Crippen LogP contribution < -0.4 is 24.8 Å². The third kappa shape index (κ3) is 5.86. The molecule has 3 rings (SSSR count).